The van der Waals surface area contributed by atoms with Crippen LogP contribution in [0.2, 0.25) is 0 Å². The number of hydrogen-bond donors (Lipinski definition) is 1. The quantitative estimate of drug-likeness (QED) is 0.228. The van der Waals surface area contributed by atoms with Gasteiger partial charge in [-0.1, -0.05) is 13.8 Å². The molecule has 3 heterocycles. The van der Waals surface area contributed by atoms with Gasteiger partial charge < -0.3 is 19.4 Å². The summed E-state index contributed by atoms with van der Waals surface area (Å²) in [5, 5.41) is 3.59. The summed E-state index contributed by atoms with van der Waals surface area (Å²) in [5.41, 5.74) is 0. The van der Waals surface area contributed by atoms with E-state index in [1.807, 2.05) is 12.1 Å². The minimum absolute atomic E-state index is 0. The summed E-state index contributed by atoms with van der Waals surface area (Å²) >= 11 is 0. The summed E-state index contributed by atoms with van der Waals surface area (Å²) < 4.78 is 10.9. The molecule has 0 aliphatic carbocycles. The van der Waals surface area contributed by atoms with Gasteiger partial charge in [-0.05, 0) is 24.5 Å². The van der Waals surface area contributed by atoms with Crippen molar-refractivity contribution in [3.63, 3.8) is 0 Å². The zero-order valence-electron chi connectivity index (χ0n) is 18.7. The van der Waals surface area contributed by atoms with Crippen LogP contribution >= 0.6 is 24.0 Å². The number of rotatable bonds is 9. The summed E-state index contributed by atoms with van der Waals surface area (Å²) in [6, 6.07) is 3.98. The predicted octanol–water partition coefficient (Wildman–Crippen LogP) is 2.38. The maximum Gasteiger partial charge on any atom is 0.194 e. The number of guanidine groups is 1. The van der Waals surface area contributed by atoms with Crippen molar-refractivity contribution in [2.45, 2.75) is 26.7 Å². The van der Waals surface area contributed by atoms with Crippen molar-refractivity contribution in [2.24, 2.45) is 10.9 Å². The van der Waals surface area contributed by atoms with Crippen LogP contribution in [0.1, 0.15) is 26.0 Å². The minimum Gasteiger partial charge on any atom is -0.469 e. The van der Waals surface area contributed by atoms with Crippen LogP contribution < -0.4 is 5.32 Å². The molecule has 2 aliphatic heterocycles. The molecule has 2 fully saturated rings. The molecule has 8 heteroatoms. The topological polar surface area (TPSA) is 56.5 Å². The number of nitrogens with zero attached hydrogens (tertiary/aromatic N) is 4. The lowest BCUT2D eigenvalue weighted by Crippen LogP contribution is -2.53. The van der Waals surface area contributed by atoms with E-state index >= 15 is 0 Å². The number of furan rings is 1. The van der Waals surface area contributed by atoms with Gasteiger partial charge in [-0.3, -0.25) is 14.8 Å². The largest absolute Gasteiger partial charge is 0.469 e. The molecule has 0 amide bonds. The molecule has 0 spiro atoms. The number of nitrogens with one attached hydrogen (secondary N) is 1. The van der Waals surface area contributed by atoms with Crippen molar-refractivity contribution in [3.8, 4) is 0 Å². The molecule has 0 radical (unpaired) electrons. The lowest BCUT2D eigenvalue weighted by atomic mass is 10.2. The van der Waals surface area contributed by atoms with Crippen LogP contribution in [0.15, 0.2) is 27.8 Å². The number of aliphatic imine (C=N–C) groups is 1. The van der Waals surface area contributed by atoms with Gasteiger partial charge in [0, 0.05) is 71.9 Å². The summed E-state index contributed by atoms with van der Waals surface area (Å²) in [6.07, 6.45) is 3.72. The lowest BCUT2D eigenvalue weighted by molar-refractivity contribution is 0.0377. The fraction of sp³-hybridized carbons (Fsp3) is 0.773. The number of ether oxygens (including phenoxy) is 1. The van der Waals surface area contributed by atoms with Gasteiger partial charge in [-0.25, -0.2) is 0 Å². The molecule has 7 nitrogen and oxygen atoms in total. The van der Waals surface area contributed by atoms with Crippen LogP contribution in [-0.2, 0) is 11.2 Å². The first-order valence-corrected chi connectivity index (χ1v) is 11.3. The highest BCUT2D eigenvalue weighted by Crippen LogP contribution is 2.07. The van der Waals surface area contributed by atoms with E-state index in [1.54, 1.807) is 6.26 Å². The highest BCUT2D eigenvalue weighted by Gasteiger charge is 2.20. The number of halogens is 1. The van der Waals surface area contributed by atoms with Gasteiger partial charge in [0.15, 0.2) is 5.96 Å². The van der Waals surface area contributed by atoms with Crippen LogP contribution in [0.5, 0.6) is 0 Å². The Hall–Kier alpha value is -0.840. The van der Waals surface area contributed by atoms with Crippen LogP contribution in [0.25, 0.3) is 0 Å². The third-order valence-corrected chi connectivity index (χ3v) is 5.53. The van der Waals surface area contributed by atoms with E-state index in [1.165, 1.54) is 6.54 Å². The molecule has 1 aromatic heterocycles. The Labute approximate surface area is 199 Å². The Balaban J connectivity index is 0.00000320. The van der Waals surface area contributed by atoms with Gasteiger partial charge in [0.05, 0.1) is 19.5 Å². The SMILES string of the molecule is CC(C)CN1CCN(C(=NCCCN2CCOCC2)NCCc2ccco2)CC1.I. The molecular weight excluding hydrogens is 493 g/mol. The molecule has 0 saturated carbocycles. The molecule has 0 unspecified atom stereocenters. The summed E-state index contributed by atoms with van der Waals surface area (Å²) in [6.45, 7) is 16.8. The first kappa shape index (κ1) is 25.4. The van der Waals surface area contributed by atoms with Gasteiger partial charge in [0.1, 0.15) is 5.76 Å². The number of hydrogen-bond acceptors (Lipinski definition) is 5. The van der Waals surface area contributed by atoms with Crippen molar-refractivity contribution in [3.05, 3.63) is 24.2 Å². The zero-order valence-corrected chi connectivity index (χ0v) is 21.1. The van der Waals surface area contributed by atoms with E-state index in [9.17, 15) is 0 Å². The second kappa shape index (κ2) is 14.3. The van der Waals surface area contributed by atoms with E-state index in [2.05, 4.69) is 33.9 Å². The fourth-order valence-corrected chi connectivity index (χ4v) is 3.98. The molecule has 30 heavy (non-hydrogen) atoms. The Bertz CT molecular complexity index is 582. The zero-order chi connectivity index (χ0) is 20.3. The molecule has 1 aromatic rings. The van der Waals surface area contributed by atoms with Gasteiger partial charge in [0.2, 0.25) is 0 Å². The monoisotopic (exact) mass is 533 g/mol. The van der Waals surface area contributed by atoms with E-state index in [4.69, 9.17) is 14.1 Å². The minimum atomic E-state index is 0. The van der Waals surface area contributed by atoms with Crippen LogP contribution in [0.3, 0.4) is 0 Å². The summed E-state index contributed by atoms with van der Waals surface area (Å²) in [5.74, 6) is 2.80. The van der Waals surface area contributed by atoms with Crippen molar-refractivity contribution in [1.29, 1.82) is 0 Å². The predicted molar refractivity (Wildman–Crippen MR) is 133 cm³/mol. The molecule has 0 atom stereocenters. The molecule has 3 rings (SSSR count). The lowest BCUT2D eigenvalue weighted by Gasteiger charge is -2.37. The van der Waals surface area contributed by atoms with Crippen molar-refractivity contribution >= 4 is 29.9 Å². The molecule has 2 saturated heterocycles. The van der Waals surface area contributed by atoms with E-state index in [0.717, 1.165) is 103 Å². The second-order valence-corrected chi connectivity index (χ2v) is 8.45. The van der Waals surface area contributed by atoms with Crippen molar-refractivity contribution in [1.82, 2.24) is 20.0 Å². The van der Waals surface area contributed by atoms with Gasteiger partial charge in [-0.15, -0.1) is 24.0 Å². The average Bonchev–Trinajstić information content (AvgIpc) is 3.24. The number of piperazine rings is 1. The van der Waals surface area contributed by atoms with Crippen LogP contribution in [-0.4, -0.2) is 99.3 Å². The first-order valence-electron chi connectivity index (χ1n) is 11.3. The van der Waals surface area contributed by atoms with E-state index in [-0.39, 0.29) is 24.0 Å². The molecule has 0 aromatic carbocycles. The molecule has 2 aliphatic rings. The number of morpholine rings is 1. The average molecular weight is 533 g/mol. The maximum atomic E-state index is 5.46. The Kier molecular flexibility index (Phi) is 12.1. The van der Waals surface area contributed by atoms with Crippen LogP contribution in [0.4, 0.5) is 0 Å². The highest BCUT2D eigenvalue weighted by molar-refractivity contribution is 14.0. The van der Waals surface area contributed by atoms with E-state index < -0.39 is 0 Å². The smallest absolute Gasteiger partial charge is 0.194 e. The standard InChI is InChI=1S/C22H39N5O2.HI/c1-20(2)19-26-10-12-27(13-11-26)22(24-8-6-21-5-3-16-29-21)23-7-4-9-25-14-17-28-18-15-25;/h3,5,16,20H,4,6-15,17-19H2,1-2H3,(H,23,24);1H. The second-order valence-electron chi connectivity index (χ2n) is 8.45. The Morgan fingerprint density at radius 3 is 2.53 bits per heavy atom. The third-order valence-electron chi connectivity index (χ3n) is 5.53. The normalized spacial score (nSPS) is 19.2. The summed E-state index contributed by atoms with van der Waals surface area (Å²) in [4.78, 5) is 12.4. The van der Waals surface area contributed by atoms with Gasteiger partial charge in [-0.2, -0.15) is 0 Å². The van der Waals surface area contributed by atoms with Gasteiger partial charge in [0.25, 0.3) is 0 Å². The molecular formula is C22H40IN5O2. The van der Waals surface area contributed by atoms with Crippen LogP contribution in [0, 0.1) is 5.92 Å². The fourth-order valence-electron chi connectivity index (χ4n) is 3.98. The van der Waals surface area contributed by atoms with Crippen molar-refractivity contribution < 1.29 is 9.15 Å². The third kappa shape index (κ3) is 9.11. The van der Waals surface area contributed by atoms with Gasteiger partial charge >= 0.3 is 0 Å². The highest BCUT2D eigenvalue weighted by atomic mass is 127. The van der Waals surface area contributed by atoms with E-state index in [0.29, 0.717) is 0 Å². The van der Waals surface area contributed by atoms with Crippen molar-refractivity contribution in [2.75, 3.05) is 78.7 Å². The Morgan fingerprint density at radius 1 is 1.10 bits per heavy atom. The Morgan fingerprint density at radius 2 is 1.87 bits per heavy atom. The maximum absolute atomic E-state index is 5.46. The summed E-state index contributed by atoms with van der Waals surface area (Å²) in [7, 11) is 0. The molecule has 172 valence electrons. The molecule has 1 N–H and O–H groups in total. The molecule has 0 bridgehead atoms. The first-order chi connectivity index (χ1) is 14.2.